The van der Waals surface area contributed by atoms with Gasteiger partial charge >= 0.3 is 0 Å². The minimum Gasteiger partial charge on any atom is -0.493 e. The minimum absolute atomic E-state index is 0.0956. The molecule has 0 aliphatic rings. The summed E-state index contributed by atoms with van der Waals surface area (Å²) in [5.74, 6) is 0.695. The summed E-state index contributed by atoms with van der Waals surface area (Å²) in [6.07, 6.45) is 7.69. The standard InChI is InChI=1S/C23H31ClFNO2/c1-3-4-5-6-7-10-13-26-16-18-14-20(24)23(22(15-18)27-2)28-17-19-11-8-9-12-21(19)25/h8-9,11-12,14-15,26H,3-7,10,13,16-17H2,1-2H3. The molecule has 0 unspecified atom stereocenters. The zero-order valence-corrected chi connectivity index (χ0v) is 17.7. The molecule has 1 N–H and O–H groups in total. The van der Waals surface area contributed by atoms with Crippen molar-refractivity contribution in [3.05, 3.63) is 58.4 Å². The van der Waals surface area contributed by atoms with Crippen LogP contribution in [-0.4, -0.2) is 13.7 Å². The molecule has 0 atom stereocenters. The third kappa shape index (κ3) is 7.33. The van der Waals surface area contributed by atoms with Gasteiger partial charge in [-0.15, -0.1) is 0 Å². The Morgan fingerprint density at radius 2 is 1.79 bits per heavy atom. The highest BCUT2D eigenvalue weighted by atomic mass is 35.5. The Hall–Kier alpha value is -1.78. The Balaban J connectivity index is 1.85. The molecule has 0 amide bonds. The van der Waals surface area contributed by atoms with E-state index in [0.717, 1.165) is 18.7 Å². The fraction of sp³-hybridized carbons (Fsp3) is 0.478. The molecule has 2 rings (SSSR count). The van der Waals surface area contributed by atoms with Gasteiger partial charge in [-0.2, -0.15) is 0 Å². The van der Waals surface area contributed by atoms with E-state index in [9.17, 15) is 4.39 Å². The predicted octanol–water partition coefficient (Wildman–Crippen LogP) is 6.52. The third-order valence-corrected chi connectivity index (χ3v) is 4.94. The van der Waals surface area contributed by atoms with Crippen LogP contribution in [0.25, 0.3) is 0 Å². The van der Waals surface area contributed by atoms with Crippen molar-refractivity contribution in [3.63, 3.8) is 0 Å². The van der Waals surface area contributed by atoms with Crippen molar-refractivity contribution in [1.29, 1.82) is 0 Å². The Morgan fingerprint density at radius 3 is 2.54 bits per heavy atom. The molecule has 2 aromatic carbocycles. The van der Waals surface area contributed by atoms with Crippen molar-refractivity contribution in [2.45, 2.75) is 58.6 Å². The van der Waals surface area contributed by atoms with E-state index in [2.05, 4.69) is 12.2 Å². The molecule has 5 heteroatoms. The van der Waals surface area contributed by atoms with Crippen LogP contribution in [0.1, 0.15) is 56.6 Å². The van der Waals surface area contributed by atoms with Crippen LogP contribution in [0, 0.1) is 5.82 Å². The number of halogens is 2. The smallest absolute Gasteiger partial charge is 0.180 e. The third-order valence-electron chi connectivity index (χ3n) is 4.66. The maximum Gasteiger partial charge on any atom is 0.180 e. The lowest BCUT2D eigenvalue weighted by atomic mass is 10.1. The summed E-state index contributed by atoms with van der Waals surface area (Å²) in [5, 5.41) is 3.92. The number of benzene rings is 2. The average molecular weight is 408 g/mol. The molecule has 0 heterocycles. The van der Waals surface area contributed by atoms with Crippen LogP contribution in [0.5, 0.6) is 11.5 Å². The normalized spacial score (nSPS) is 10.9. The number of ether oxygens (including phenoxy) is 2. The first kappa shape index (κ1) is 22.5. The predicted molar refractivity (Wildman–Crippen MR) is 114 cm³/mol. The summed E-state index contributed by atoms with van der Waals surface area (Å²) in [7, 11) is 1.58. The summed E-state index contributed by atoms with van der Waals surface area (Å²) in [5.41, 5.74) is 1.51. The Labute approximate surface area is 173 Å². The van der Waals surface area contributed by atoms with Crippen molar-refractivity contribution >= 4 is 11.6 Å². The van der Waals surface area contributed by atoms with Gasteiger partial charge in [0.15, 0.2) is 11.5 Å². The van der Waals surface area contributed by atoms with E-state index in [4.69, 9.17) is 21.1 Å². The molecule has 0 saturated heterocycles. The monoisotopic (exact) mass is 407 g/mol. The zero-order chi connectivity index (χ0) is 20.2. The van der Waals surface area contributed by atoms with E-state index in [0.29, 0.717) is 22.1 Å². The van der Waals surface area contributed by atoms with Crippen LogP contribution in [-0.2, 0) is 13.2 Å². The second-order valence-electron chi connectivity index (χ2n) is 6.93. The quantitative estimate of drug-likeness (QED) is 0.383. The van der Waals surface area contributed by atoms with Gasteiger partial charge in [0, 0.05) is 12.1 Å². The SMILES string of the molecule is CCCCCCCCNCc1cc(Cl)c(OCc2ccccc2F)c(OC)c1. The lowest BCUT2D eigenvalue weighted by Crippen LogP contribution is -2.14. The van der Waals surface area contributed by atoms with Gasteiger partial charge in [-0.25, -0.2) is 4.39 Å². The maximum absolute atomic E-state index is 13.8. The van der Waals surface area contributed by atoms with Gasteiger partial charge < -0.3 is 14.8 Å². The Kier molecular flexibility index (Phi) is 10.2. The van der Waals surface area contributed by atoms with Crippen LogP contribution in [0.15, 0.2) is 36.4 Å². The first-order valence-electron chi connectivity index (χ1n) is 10.1. The van der Waals surface area contributed by atoms with E-state index in [1.54, 1.807) is 25.3 Å². The summed E-state index contributed by atoms with van der Waals surface area (Å²) >= 11 is 6.40. The number of hydrogen-bond donors (Lipinski definition) is 1. The van der Waals surface area contributed by atoms with E-state index in [1.165, 1.54) is 44.6 Å². The van der Waals surface area contributed by atoms with Crippen molar-refractivity contribution in [2.24, 2.45) is 0 Å². The molecule has 154 valence electrons. The van der Waals surface area contributed by atoms with Crippen LogP contribution in [0.2, 0.25) is 5.02 Å². The first-order valence-corrected chi connectivity index (χ1v) is 10.5. The molecular weight excluding hydrogens is 377 g/mol. The highest BCUT2D eigenvalue weighted by Gasteiger charge is 2.13. The summed E-state index contributed by atoms with van der Waals surface area (Å²) in [6.45, 7) is 4.03. The Bertz CT molecular complexity index is 724. The topological polar surface area (TPSA) is 30.5 Å². The minimum atomic E-state index is -0.298. The number of unbranched alkanes of at least 4 members (excludes halogenated alkanes) is 5. The molecule has 0 radical (unpaired) electrons. The fourth-order valence-electron chi connectivity index (χ4n) is 3.04. The molecule has 0 saturated carbocycles. The number of methoxy groups -OCH3 is 1. The molecule has 28 heavy (non-hydrogen) atoms. The second kappa shape index (κ2) is 12.6. The largest absolute Gasteiger partial charge is 0.493 e. The molecule has 0 aliphatic carbocycles. The molecule has 0 aliphatic heterocycles. The van der Waals surface area contributed by atoms with Crippen LogP contribution in [0.3, 0.4) is 0 Å². The fourth-order valence-corrected chi connectivity index (χ4v) is 3.33. The van der Waals surface area contributed by atoms with Crippen molar-refractivity contribution in [2.75, 3.05) is 13.7 Å². The lowest BCUT2D eigenvalue weighted by molar-refractivity contribution is 0.279. The lowest BCUT2D eigenvalue weighted by Gasteiger charge is -2.15. The summed E-state index contributed by atoms with van der Waals surface area (Å²) in [6, 6.07) is 10.3. The highest BCUT2D eigenvalue weighted by molar-refractivity contribution is 6.32. The van der Waals surface area contributed by atoms with E-state index < -0.39 is 0 Å². The molecule has 0 spiro atoms. The van der Waals surface area contributed by atoms with Crippen LogP contribution in [0.4, 0.5) is 4.39 Å². The van der Waals surface area contributed by atoms with Gasteiger partial charge in [0.05, 0.1) is 12.1 Å². The van der Waals surface area contributed by atoms with Crippen molar-refractivity contribution in [3.8, 4) is 11.5 Å². The van der Waals surface area contributed by atoms with E-state index >= 15 is 0 Å². The second-order valence-corrected chi connectivity index (χ2v) is 7.34. The summed E-state index contributed by atoms with van der Waals surface area (Å²) in [4.78, 5) is 0. The highest BCUT2D eigenvalue weighted by Crippen LogP contribution is 2.37. The molecule has 3 nitrogen and oxygen atoms in total. The van der Waals surface area contributed by atoms with Crippen molar-refractivity contribution < 1.29 is 13.9 Å². The van der Waals surface area contributed by atoms with Gasteiger partial charge in [0.1, 0.15) is 12.4 Å². The molecule has 0 bridgehead atoms. The van der Waals surface area contributed by atoms with Gasteiger partial charge in [0.25, 0.3) is 0 Å². The number of rotatable bonds is 13. The summed E-state index contributed by atoms with van der Waals surface area (Å²) < 4.78 is 25.0. The first-order chi connectivity index (χ1) is 13.7. The van der Waals surface area contributed by atoms with E-state index in [1.807, 2.05) is 12.1 Å². The number of nitrogens with one attached hydrogen (secondary N) is 1. The Morgan fingerprint density at radius 1 is 1.04 bits per heavy atom. The van der Waals surface area contributed by atoms with Gasteiger partial charge in [-0.05, 0) is 36.7 Å². The number of hydrogen-bond acceptors (Lipinski definition) is 3. The zero-order valence-electron chi connectivity index (χ0n) is 16.9. The van der Waals surface area contributed by atoms with E-state index in [-0.39, 0.29) is 12.4 Å². The van der Waals surface area contributed by atoms with Crippen LogP contribution < -0.4 is 14.8 Å². The van der Waals surface area contributed by atoms with Gasteiger partial charge in [-0.1, -0.05) is 68.8 Å². The molecule has 2 aromatic rings. The van der Waals surface area contributed by atoms with Crippen LogP contribution >= 0.6 is 11.6 Å². The average Bonchev–Trinajstić information content (AvgIpc) is 2.70. The molecule has 0 aromatic heterocycles. The van der Waals surface area contributed by atoms with Gasteiger partial charge in [0.2, 0.25) is 0 Å². The maximum atomic E-state index is 13.8. The molecular formula is C23H31ClFNO2. The molecule has 0 fully saturated rings. The van der Waals surface area contributed by atoms with Gasteiger partial charge in [-0.3, -0.25) is 0 Å². The van der Waals surface area contributed by atoms with Crippen molar-refractivity contribution in [1.82, 2.24) is 5.32 Å².